The lowest BCUT2D eigenvalue weighted by Crippen LogP contribution is -2.38. The molecule has 3 rings (SSSR count). The average Bonchev–Trinajstić information content (AvgIpc) is 3.31. The van der Waals surface area contributed by atoms with E-state index in [1.807, 2.05) is 25.1 Å². The third kappa shape index (κ3) is 4.84. The Kier molecular flexibility index (Phi) is 7.29. The number of anilines is 1. The Labute approximate surface area is 178 Å². The molecule has 0 fully saturated rings. The summed E-state index contributed by atoms with van der Waals surface area (Å²) in [5.74, 6) is 0.754. The predicted octanol–water partition coefficient (Wildman–Crippen LogP) is 5.40. The summed E-state index contributed by atoms with van der Waals surface area (Å²) in [6, 6.07) is 9.37. The fourth-order valence-electron chi connectivity index (χ4n) is 2.89. The highest BCUT2D eigenvalue weighted by atomic mass is 35.5. The summed E-state index contributed by atoms with van der Waals surface area (Å²) in [5.41, 5.74) is 0.869. The van der Waals surface area contributed by atoms with E-state index in [9.17, 15) is 4.79 Å². The van der Waals surface area contributed by atoms with E-state index in [2.05, 4.69) is 18.7 Å². The van der Waals surface area contributed by atoms with Crippen LogP contribution < -0.4 is 9.64 Å². The van der Waals surface area contributed by atoms with E-state index < -0.39 is 0 Å². The summed E-state index contributed by atoms with van der Waals surface area (Å²) < 4.78 is 7.20. The molecule has 0 atom stereocenters. The smallest absolute Gasteiger partial charge is 0.270 e. The second kappa shape index (κ2) is 9.69. The summed E-state index contributed by atoms with van der Waals surface area (Å²) in [4.78, 5) is 22.6. The summed E-state index contributed by atoms with van der Waals surface area (Å²) in [5, 5.41) is 0.699. The molecule has 2 aromatic heterocycles. The third-order valence-electron chi connectivity index (χ3n) is 4.45. The largest absolute Gasteiger partial charge is 0.494 e. The van der Waals surface area contributed by atoms with Crippen LogP contribution in [0.3, 0.4) is 0 Å². The number of amides is 1. The van der Waals surface area contributed by atoms with Crippen LogP contribution in [0.4, 0.5) is 5.13 Å². The molecule has 0 saturated carbocycles. The van der Waals surface area contributed by atoms with Gasteiger partial charge in [-0.15, -0.1) is 11.3 Å². The van der Waals surface area contributed by atoms with Crippen molar-refractivity contribution >= 4 is 55.5 Å². The normalized spacial score (nSPS) is 11.3. The van der Waals surface area contributed by atoms with Crippen LogP contribution in [-0.4, -0.2) is 48.6 Å². The van der Waals surface area contributed by atoms with Gasteiger partial charge in [-0.05, 0) is 50.3 Å². The first kappa shape index (κ1) is 21.0. The maximum Gasteiger partial charge on any atom is 0.270 e. The highest BCUT2D eigenvalue weighted by Crippen LogP contribution is 2.33. The molecule has 0 aliphatic heterocycles. The van der Waals surface area contributed by atoms with Crippen LogP contribution in [0.15, 0.2) is 30.3 Å². The van der Waals surface area contributed by atoms with Crippen molar-refractivity contribution in [2.24, 2.45) is 0 Å². The van der Waals surface area contributed by atoms with Crippen LogP contribution in [0.1, 0.15) is 30.4 Å². The van der Waals surface area contributed by atoms with Crippen molar-refractivity contribution in [3.05, 3.63) is 39.5 Å². The number of aromatic nitrogens is 1. The van der Waals surface area contributed by atoms with Crippen molar-refractivity contribution in [1.82, 2.24) is 9.88 Å². The molecule has 0 aliphatic carbocycles. The first-order valence-electron chi connectivity index (χ1n) is 9.38. The number of nitrogens with zero attached hydrogens (tertiary/aromatic N) is 3. The van der Waals surface area contributed by atoms with E-state index in [0.29, 0.717) is 27.5 Å². The molecule has 5 nitrogen and oxygen atoms in total. The predicted molar refractivity (Wildman–Crippen MR) is 120 cm³/mol. The van der Waals surface area contributed by atoms with Crippen LogP contribution in [0.25, 0.3) is 10.2 Å². The maximum absolute atomic E-state index is 13.2. The van der Waals surface area contributed by atoms with Gasteiger partial charge >= 0.3 is 0 Å². The first-order chi connectivity index (χ1) is 13.5. The second-order valence-corrected chi connectivity index (χ2v) is 8.87. The summed E-state index contributed by atoms with van der Waals surface area (Å²) in [6.07, 6.45) is 0. The van der Waals surface area contributed by atoms with Gasteiger partial charge < -0.3 is 9.64 Å². The molecule has 0 bridgehead atoms. The minimum Gasteiger partial charge on any atom is -0.494 e. The van der Waals surface area contributed by atoms with E-state index in [0.717, 1.165) is 35.6 Å². The molecule has 28 heavy (non-hydrogen) atoms. The lowest BCUT2D eigenvalue weighted by Gasteiger charge is -2.24. The van der Waals surface area contributed by atoms with Crippen LogP contribution in [0.2, 0.25) is 4.34 Å². The summed E-state index contributed by atoms with van der Waals surface area (Å²) in [6.45, 7) is 10.1. The average molecular weight is 438 g/mol. The van der Waals surface area contributed by atoms with Crippen LogP contribution in [0.5, 0.6) is 5.75 Å². The molecule has 0 N–H and O–H groups in total. The number of fused-ring (bicyclic) bond motifs is 1. The Morgan fingerprint density at radius 3 is 2.54 bits per heavy atom. The lowest BCUT2D eigenvalue weighted by molar-refractivity contribution is 0.0987. The van der Waals surface area contributed by atoms with Crippen molar-refractivity contribution in [3.63, 3.8) is 0 Å². The Morgan fingerprint density at radius 1 is 1.11 bits per heavy atom. The molecule has 1 aromatic carbocycles. The molecule has 0 spiro atoms. The lowest BCUT2D eigenvalue weighted by atomic mass is 10.3. The number of halogens is 1. The molecule has 3 aromatic rings. The number of hydrogen-bond donors (Lipinski definition) is 0. The highest BCUT2D eigenvalue weighted by Gasteiger charge is 2.23. The molecular weight excluding hydrogens is 414 g/mol. The minimum atomic E-state index is -0.0619. The topological polar surface area (TPSA) is 45.7 Å². The van der Waals surface area contributed by atoms with Crippen molar-refractivity contribution in [2.45, 2.75) is 20.8 Å². The van der Waals surface area contributed by atoms with Gasteiger partial charge in [-0.3, -0.25) is 9.69 Å². The molecule has 2 heterocycles. The molecule has 0 radical (unpaired) electrons. The number of thiazole rings is 1. The number of carbonyl (C=O) groups is 1. The van der Waals surface area contributed by atoms with Crippen LogP contribution in [0, 0.1) is 0 Å². The fraction of sp³-hybridized carbons (Fsp3) is 0.400. The number of hydrogen-bond acceptors (Lipinski definition) is 6. The van der Waals surface area contributed by atoms with Gasteiger partial charge in [-0.2, -0.15) is 0 Å². The molecule has 1 amide bonds. The van der Waals surface area contributed by atoms with Gasteiger partial charge in [0, 0.05) is 13.1 Å². The van der Waals surface area contributed by atoms with Gasteiger partial charge in [-0.1, -0.05) is 36.8 Å². The number of thiophene rings is 1. The van der Waals surface area contributed by atoms with E-state index in [1.165, 1.54) is 22.7 Å². The first-order valence-corrected chi connectivity index (χ1v) is 11.4. The van der Waals surface area contributed by atoms with Crippen molar-refractivity contribution in [2.75, 3.05) is 37.7 Å². The quantitative estimate of drug-likeness (QED) is 0.449. The maximum atomic E-state index is 13.2. The Hall–Kier alpha value is -1.67. The van der Waals surface area contributed by atoms with Gasteiger partial charge in [-0.25, -0.2) is 4.98 Å². The van der Waals surface area contributed by atoms with Gasteiger partial charge in [0.1, 0.15) is 5.75 Å². The van der Waals surface area contributed by atoms with Crippen molar-refractivity contribution < 1.29 is 9.53 Å². The van der Waals surface area contributed by atoms with E-state index >= 15 is 0 Å². The number of ether oxygens (including phenoxy) is 1. The molecule has 8 heteroatoms. The van der Waals surface area contributed by atoms with E-state index in [4.69, 9.17) is 21.3 Å². The SMILES string of the molecule is CCOc1ccc2nc(N(CCN(CC)CC)C(=O)c3ccc(Cl)s3)sc2c1. The zero-order valence-corrected chi connectivity index (χ0v) is 18.7. The number of rotatable bonds is 9. The number of carbonyl (C=O) groups excluding carboxylic acids is 1. The van der Waals surface area contributed by atoms with E-state index in [-0.39, 0.29) is 5.91 Å². The van der Waals surface area contributed by atoms with Crippen LogP contribution >= 0.6 is 34.3 Å². The standard InChI is InChI=1S/C20H24ClN3O2S2/c1-4-23(5-2)11-12-24(19(25)16-9-10-18(21)27-16)20-22-15-8-7-14(26-6-3)13-17(15)28-20/h7-10,13H,4-6,11-12H2,1-3H3. The number of likely N-dealkylation sites (N-methyl/N-ethyl adjacent to an activating group) is 1. The number of benzene rings is 1. The zero-order valence-electron chi connectivity index (χ0n) is 16.3. The second-order valence-electron chi connectivity index (χ2n) is 6.15. The minimum absolute atomic E-state index is 0.0619. The summed E-state index contributed by atoms with van der Waals surface area (Å²) >= 11 is 8.86. The van der Waals surface area contributed by atoms with Gasteiger partial charge in [0.2, 0.25) is 0 Å². The van der Waals surface area contributed by atoms with Crippen LogP contribution in [-0.2, 0) is 0 Å². The molecule has 150 valence electrons. The van der Waals surface area contributed by atoms with Gasteiger partial charge in [0.25, 0.3) is 5.91 Å². The van der Waals surface area contributed by atoms with Crippen molar-refractivity contribution in [1.29, 1.82) is 0 Å². The van der Waals surface area contributed by atoms with E-state index in [1.54, 1.807) is 17.0 Å². The third-order valence-corrected chi connectivity index (χ3v) is 6.71. The fourth-order valence-corrected chi connectivity index (χ4v) is 4.90. The Bertz CT molecular complexity index is 937. The van der Waals surface area contributed by atoms with Gasteiger partial charge in [0.15, 0.2) is 5.13 Å². The monoisotopic (exact) mass is 437 g/mol. The van der Waals surface area contributed by atoms with Crippen molar-refractivity contribution in [3.8, 4) is 5.75 Å². The Morgan fingerprint density at radius 2 is 1.89 bits per heavy atom. The van der Waals surface area contributed by atoms with Gasteiger partial charge in [0.05, 0.1) is 26.0 Å². The zero-order chi connectivity index (χ0) is 20.1. The molecule has 0 saturated heterocycles. The molecule has 0 unspecified atom stereocenters. The molecular formula is C20H24ClN3O2S2. The Balaban J connectivity index is 1.92. The summed E-state index contributed by atoms with van der Waals surface area (Å²) in [7, 11) is 0. The highest BCUT2D eigenvalue weighted by molar-refractivity contribution is 7.22. The molecule has 0 aliphatic rings.